The van der Waals surface area contributed by atoms with Crippen molar-refractivity contribution in [1.82, 2.24) is 0 Å². The monoisotopic (exact) mass is 340 g/mol. The van der Waals surface area contributed by atoms with Crippen molar-refractivity contribution in [1.29, 1.82) is 0 Å². The fraction of sp³-hybridized carbons (Fsp3) is 0.333. The molecular weight excluding hydrogens is 312 g/mol. The zero-order valence-electron chi connectivity index (χ0n) is 15.1. The van der Waals surface area contributed by atoms with Gasteiger partial charge >= 0.3 is 0 Å². The second kappa shape index (κ2) is 7.47. The van der Waals surface area contributed by atoms with Crippen molar-refractivity contribution in [3.63, 3.8) is 0 Å². The molecule has 1 unspecified atom stereocenters. The molecule has 0 aromatic heterocycles. The maximum absolute atomic E-state index is 9.48. The van der Waals surface area contributed by atoms with Crippen LogP contribution in [0, 0.1) is 0 Å². The Morgan fingerprint density at radius 3 is 1.75 bits per heavy atom. The molecule has 3 heteroatoms. The van der Waals surface area contributed by atoms with Crippen molar-refractivity contribution >= 4 is 18.7 Å². The first-order valence-corrected chi connectivity index (χ1v) is 10.3. The van der Waals surface area contributed by atoms with Crippen molar-refractivity contribution in [2.75, 3.05) is 6.61 Å². The number of aliphatic hydroxyl groups is 1. The summed E-state index contributed by atoms with van der Waals surface area (Å²) < 4.78 is 6.81. The molecule has 1 N–H and O–H groups in total. The molecule has 2 aromatic carbocycles. The molecule has 1 atom stereocenters. The summed E-state index contributed by atoms with van der Waals surface area (Å²) in [5.41, 5.74) is 0.711. The molecule has 0 bridgehead atoms. The Hall–Kier alpha value is -1.68. The van der Waals surface area contributed by atoms with Crippen molar-refractivity contribution < 1.29 is 9.53 Å². The Morgan fingerprint density at radius 1 is 1.00 bits per heavy atom. The average molecular weight is 341 g/mol. The van der Waals surface area contributed by atoms with Crippen LogP contribution in [-0.2, 0) is 4.43 Å². The number of hydrogen-bond acceptors (Lipinski definition) is 2. The first-order chi connectivity index (χ1) is 11.3. The molecular formula is C21H28O2Si. The van der Waals surface area contributed by atoms with Crippen LogP contribution in [-0.4, -0.2) is 26.1 Å². The van der Waals surface area contributed by atoms with E-state index in [4.69, 9.17) is 4.43 Å². The third kappa shape index (κ3) is 3.53. The SMILES string of the molecule is C=C(CO)C(C)O[Si](c1ccccc1)(c1ccccc1)C(C)(C)C. The van der Waals surface area contributed by atoms with Gasteiger partial charge in [-0.05, 0) is 27.9 Å². The highest BCUT2D eigenvalue weighted by Crippen LogP contribution is 2.37. The summed E-state index contributed by atoms with van der Waals surface area (Å²) in [5.74, 6) is 0. The first kappa shape index (κ1) is 18.7. The summed E-state index contributed by atoms with van der Waals surface area (Å²) in [6.07, 6.45) is -0.207. The van der Waals surface area contributed by atoms with Gasteiger partial charge in [-0.15, -0.1) is 0 Å². The largest absolute Gasteiger partial charge is 0.401 e. The predicted molar refractivity (Wildman–Crippen MR) is 104 cm³/mol. The maximum Gasteiger partial charge on any atom is 0.261 e. The van der Waals surface area contributed by atoms with Gasteiger partial charge in [0.15, 0.2) is 0 Å². The highest BCUT2D eigenvalue weighted by molar-refractivity contribution is 6.99. The minimum absolute atomic E-state index is 0.0562. The molecule has 2 nitrogen and oxygen atoms in total. The van der Waals surface area contributed by atoms with Crippen LogP contribution >= 0.6 is 0 Å². The van der Waals surface area contributed by atoms with Crippen molar-refractivity contribution in [2.24, 2.45) is 0 Å². The van der Waals surface area contributed by atoms with Gasteiger partial charge in [0.1, 0.15) is 0 Å². The van der Waals surface area contributed by atoms with E-state index < -0.39 is 8.32 Å². The molecule has 0 aliphatic rings. The van der Waals surface area contributed by atoms with Crippen LogP contribution in [0.25, 0.3) is 0 Å². The molecule has 0 spiro atoms. The first-order valence-electron chi connectivity index (χ1n) is 8.40. The van der Waals surface area contributed by atoms with E-state index >= 15 is 0 Å². The summed E-state index contributed by atoms with van der Waals surface area (Å²) in [4.78, 5) is 0. The van der Waals surface area contributed by atoms with Crippen LogP contribution in [0.5, 0.6) is 0 Å². The van der Waals surface area contributed by atoms with E-state index in [1.54, 1.807) is 0 Å². The average Bonchev–Trinajstić information content (AvgIpc) is 2.59. The van der Waals surface area contributed by atoms with Crippen molar-refractivity contribution in [3.8, 4) is 0 Å². The Morgan fingerprint density at radius 2 is 1.42 bits per heavy atom. The summed E-state index contributed by atoms with van der Waals surface area (Å²) >= 11 is 0. The smallest absolute Gasteiger partial charge is 0.261 e. The Labute approximate surface area is 146 Å². The molecule has 0 radical (unpaired) electrons. The van der Waals surface area contributed by atoms with E-state index in [2.05, 4.69) is 75.9 Å². The molecule has 0 heterocycles. The van der Waals surface area contributed by atoms with Gasteiger partial charge in [0.25, 0.3) is 8.32 Å². The van der Waals surface area contributed by atoms with E-state index in [9.17, 15) is 5.11 Å². The molecule has 0 saturated heterocycles. The third-order valence-electron chi connectivity index (χ3n) is 4.55. The van der Waals surface area contributed by atoms with Gasteiger partial charge in [0.2, 0.25) is 0 Å². The molecule has 0 saturated carbocycles. The lowest BCUT2D eigenvalue weighted by Crippen LogP contribution is -2.67. The second-order valence-corrected chi connectivity index (χ2v) is 11.5. The molecule has 128 valence electrons. The van der Waals surface area contributed by atoms with E-state index in [1.807, 2.05) is 19.1 Å². The zero-order chi connectivity index (χ0) is 17.8. The van der Waals surface area contributed by atoms with Crippen LogP contribution in [0.15, 0.2) is 72.8 Å². The van der Waals surface area contributed by atoms with Gasteiger partial charge in [-0.3, -0.25) is 0 Å². The lowest BCUT2D eigenvalue weighted by Gasteiger charge is -2.44. The van der Waals surface area contributed by atoms with E-state index in [0.717, 1.165) is 0 Å². The fourth-order valence-electron chi connectivity index (χ4n) is 3.17. The minimum Gasteiger partial charge on any atom is -0.401 e. The topological polar surface area (TPSA) is 29.5 Å². The summed E-state index contributed by atoms with van der Waals surface area (Å²) in [7, 11) is -2.56. The highest BCUT2D eigenvalue weighted by Gasteiger charge is 2.51. The molecule has 24 heavy (non-hydrogen) atoms. The Kier molecular flexibility index (Phi) is 5.81. The number of benzene rings is 2. The minimum atomic E-state index is -2.56. The van der Waals surface area contributed by atoms with Gasteiger partial charge in [0, 0.05) is 0 Å². The van der Waals surface area contributed by atoms with Crippen molar-refractivity contribution in [2.45, 2.75) is 38.8 Å². The molecule has 2 rings (SSSR count). The fourth-order valence-corrected chi connectivity index (χ4v) is 7.88. The quantitative estimate of drug-likeness (QED) is 0.644. The van der Waals surface area contributed by atoms with Crippen LogP contribution < -0.4 is 10.4 Å². The van der Waals surface area contributed by atoms with Gasteiger partial charge < -0.3 is 9.53 Å². The predicted octanol–water partition coefficient (Wildman–Crippen LogP) is 3.50. The van der Waals surface area contributed by atoms with Gasteiger partial charge in [-0.1, -0.05) is 88.0 Å². The molecule has 0 aliphatic heterocycles. The molecule has 0 aliphatic carbocycles. The van der Waals surface area contributed by atoms with Gasteiger partial charge in [-0.25, -0.2) is 0 Å². The number of aliphatic hydroxyl groups excluding tert-OH is 1. The maximum atomic E-state index is 9.48. The van der Waals surface area contributed by atoms with Crippen LogP contribution in [0.3, 0.4) is 0 Å². The number of hydrogen-bond donors (Lipinski definition) is 1. The number of rotatable bonds is 6. The second-order valence-electron chi connectivity index (χ2n) is 7.24. The van der Waals surface area contributed by atoms with E-state index in [-0.39, 0.29) is 17.7 Å². The van der Waals surface area contributed by atoms with Crippen molar-refractivity contribution in [3.05, 3.63) is 72.8 Å². The van der Waals surface area contributed by atoms with Crippen LogP contribution in [0.2, 0.25) is 5.04 Å². The van der Waals surface area contributed by atoms with Crippen LogP contribution in [0.4, 0.5) is 0 Å². The van der Waals surface area contributed by atoms with Gasteiger partial charge in [-0.2, -0.15) is 0 Å². The van der Waals surface area contributed by atoms with Crippen LogP contribution in [0.1, 0.15) is 27.7 Å². The molecule has 0 fully saturated rings. The Bertz CT molecular complexity index is 620. The molecule has 2 aromatic rings. The standard InChI is InChI=1S/C21H28O2Si/c1-17(16-22)18(2)23-24(21(3,4)5,19-12-8-6-9-13-19)20-14-10-7-11-15-20/h6-15,18,22H,1,16H2,2-5H3. The summed E-state index contributed by atoms with van der Waals surface area (Å²) in [6, 6.07) is 21.0. The zero-order valence-corrected chi connectivity index (χ0v) is 16.1. The highest BCUT2D eigenvalue weighted by atomic mass is 28.4. The Balaban J connectivity index is 2.68. The summed E-state index contributed by atoms with van der Waals surface area (Å²) in [5, 5.41) is 11.9. The lowest BCUT2D eigenvalue weighted by atomic mass is 10.2. The summed E-state index contributed by atoms with van der Waals surface area (Å²) in [6.45, 7) is 12.6. The van der Waals surface area contributed by atoms with Gasteiger partial charge in [0.05, 0.1) is 12.7 Å². The van der Waals surface area contributed by atoms with E-state index in [0.29, 0.717) is 5.57 Å². The van der Waals surface area contributed by atoms with E-state index in [1.165, 1.54) is 10.4 Å². The normalized spacial score (nSPS) is 13.5. The third-order valence-corrected chi connectivity index (χ3v) is 9.66. The molecule has 0 amide bonds. The lowest BCUT2D eigenvalue weighted by molar-refractivity contribution is 0.214.